The fourth-order valence-electron chi connectivity index (χ4n) is 1.69. The molecular weight excluding hydrogens is 268 g/mol. The lowest BCUT2D eigenvalue weighted by atomic mass is 10.1. The number of ether oxygens (including phenoxy) is 1. The number of rotatable bonds is 4. The minimum Gasteiger partial charge on any atom is -0.463 e. The van der Waals surface area contributed by atoms with E-state index < -0.39 is 12.1 Å². The predicted molar refractivity (Wildman–Crippen MR) is 70.2 cm³/mol. The normalized spacial score (nSPS) is 12.2. The third-order valence-electron chi connectivity index (χ3n) is 2.68. The van der Waals surface area contributed by atoms with E-state index in [-0.39, 0.29) is 5.76 Å². The van der Waals surface area contributed by atoms with Crippen molar-refractivity contribution < 1.29 is 19.1 Å². The Bertz CT molecular complexity index is 559. The van der Waals surface area contributed by atoms with Crippen molar-refractivity contribution in [2.45, 2.75) is 12.5 Å². The van der Waals surface area contributed by atoms with E-state index in [1.54, 1.807) is 18.2 Å². The van der Waals surface area contributed by atoms with Gasteiger partial charge in [-0.2, -0.15) is 0 Å². The highest BCUT2D eigenvalue weighted by Crippen LogP contribution is 2.22. The van der Waals surface area contributed by atoms with Gasteiger partial charge >= 0.3 is 5.97 Å². The highest BCUT2D eigenvalue weighted by Gasteiger charge is 2.16. The molecule has 0 saturated heterocycles. The highest BCUT2D eigenvalue weighted by atomic mass is 35.5. The first kappa shape index (κ1) is 13.6. The lowest BCUT2D eigenvalue weighted by Gasteiger charge is -2.07. The molecule has 0 amide bonds. The van der Waals surface area contributed by atoms with E-state index in [1.165, 1.54) is 13.2 Å². The molecule has 0 saturated carbocycles. The summed E-state index contributed by atoms with van der Waals surface area (Å²) in [6, 6.07) is 10.2. The lowest BCUT2D eigenvalue weighted by molar-refractivity contribution is 0.0555. The molecule has 2 aromatic rings. The minimum atomic E-state index is -0.820. The van der Waals surface area contributed by atoms with Crippen LogP contribution in [0.15, 0.2) is 40.8 Å². The van der Waals surface area contributed by atoms with Gasteiger partial charge in [-0.15, -0.1) is 0 Å². The van der Waals surface area contributed by atoms with Crippen molar-refractivity contribution >= 4 is 17.6 Å². The van der Waals surface area contributed by atoms with Gasteiger partial charge < -0.3 is 14.3 Å². The average molecular weight is 281 g/mol. The number of benzene rings is 1. The van der Waals surface area contributed by atoms with Crippen molar-refractivity contribution in [2.75, 3.05) is 7.11 Å². The Hall–Kier alpha value is -1.78. The number of carbonyl (C=O) groups excluding carboxylic acids is 1. The van der Waals surface area contributed by atoms with Crippen LogP contribution in [0.25, 0.3) is 0 Å². The standard InChI is InChI=1S/C14H13ClO4/c1-18-14(17)13-7-6-12(19-13)11(16)8-9-2-4-10(15)5-3-9/h2-7,11,16H,8H2,1H3. The number of carbonyl (C=O) groups is 1. The summed E-state index contributed by atoms with van der Waals surface area (Å²) in [5, 5.41) is 10.7. The summed E-state index contributed by atoms with van der Waals surface area (Å²) in [6.07, 6.45) is -0.440. The van der Waals surface area contributed by atoms with Crippen LogP contribution in [0.1, 0.15) is 28.0 Å². The molecule has 0 aliphatic rings. The first-order chi connectivity index (χ1) is 9.10. The number of hydrogen-bond acceptors (Lipinski definition) is 4. The molecule has 1 aromatic heterocycles. The Morgan fingerprint density at radius 1 is 1.32 bits per heavy atom. The number of furan rings is 1. The molecule has 1 aromatic carbocycles. The molecule has 0 aliphatic heterocycles. The Balaban J connectivity index is 2.07. The Morgan fingerprint density at radius 2 is 2.00 bits per heavy atom. The average Bonchev–Trinajstić information content (AvgIpc) is 2.90. The van der Waals surface area contributed by atoms with E-state index in [1.807, 2.05) is 12.1 Å². The maximum atomic E-state index is 11.2. The molecule has 1 unspecified atom stereocenters. The van der Waals surface area contributed by atoms with Gasteiger partial charge in [-0.25, -0.2) is 4.79 Å². The number of esters is 1. The van der Waals surface area contributed by atoms with Gasteiger partial charge in [0.05, 0.1) is 7.11 Å². The fourth-order valence-corrected chi connectivity index (χ4v) is 1.81. The van der Waals surface area contributed by atoms with Gasteiger partial charge in [-0.3, -0.25) is 0 Å². The predicted octanol–water partition coefficient (Wildman–Crippen LogP) is 3.00. The molecule has 100 valence electrons. The third-order valence-corrected chi connectivity index (χ3v) is 2.94. The van der Waals surface area contributed by atoms with Crippen molar-refractivity contribution in [3.05, 3.63) is 58.5 Å². The van der Waals surface area contributed by atoms with Crippen LogP contribution in [0, 0.1) is 0 Å². The molecule has 0 radical (unpaired) electrons. The molecule has 2 rings (SSSR count). The van der Waals surface area contributed by atoms with Crippen molar-refractivity contribution in [3.63, 3.8) is 0 Å². The van der Waals surface area contributed by atoms with Crippen molar-refractivity contribution in [1.29, 1.82) is 0 Å². The monoisotopic (exact) mass is 280 g/mol. The summed E-state index contributed by atoms with van der Waals surface area (Å²) in [6.45, 7) is 0. The number of hydrogen-bond donors (Lipinski definition) is 1. The van der Waals surface area contributed by atoms with Crippen LogP contribution in [0.2, 0.25) is 5.02 Å². The summed E-state index contributed by atoms with van der Waals surface area (Å²) in [5.41, 5.74) is 0.924. The minimum absolute atomic E-state index is 0.0765. The quantitative estimate of drug-likeness (QED) is 0.875. The fraction of sp³-hybridized carbons (Fsp3) is 0.214. The Labute approximate surface area is 115 Å². The Morgan fingerprint density at radius 3 is 2.63 bits per heavy atom. The smallest absolute Gasteiger partial charge is 0.373 e. The molecule has 1 heterocycles. The van der Waals surface area contributed by atoms with Gasteiger partial charge in [0.2, 0.25) is 5.76 Å². The summed E-state index contributed by atoms with van der Waals surface area (Å²) >= 11 is 5.79. The molecule has 0 aliphatic carbocycles. The molecule has 0 fully saturated rings. The van der Waals surface area contributed by atoms with Gasteiger partial charge in [0.1, 0.15) is 11.9 Å². The topological polar surface area (TPSA) is 59.7 Å². The first-order valence-electron chi connectivity index (χ1n) is 5.70. The number of aliphatic hydroxyl groups is 1. The first-order valence-corrected chi connectivity index (χ1v) is 6.08. The lowest BCUT2D eigenvalue weighted by Crippen LogP contribution is -2.01. The van der Waals surface area contributed by atoms with Gasteiger partial charge in [0.15, 0.2) is 0 Å². The summed E-state index contributed by atoms with van der Waals surface area (Å²) in [7, 11) is 1.27. The van der Waals surface area contributed by atoms with Gasteiger partial charge in [0, 0.05) is 11.4 Å². The van der Waals surface area contributed by atoms with Crippen LogP contribution in [0.4, 0.5) is 0 Å². The van der Waals surface area contributed by atoms with Crippen LogP contribution < -0.4 is 0 Å². The van der Waals surface area contributed by atoms with Crippen LogP contribution in [0.3, 0.4) is 0 Å². The van der Waals surface area contributed by atoms with E-state index in [0.29, 0.717) is 17.2 Å². The molecule has 1 atom stereocenters. The number of halogens is 1. The molecule has 5 heteroatoms. The zero-order valence-corrected chi connectivity index (χ0v) is 11.1. The van der Waals surface area contributed by atoms with E-state index in [9.17, 15) is 9.90 Å². The highest BCUT2D eigenvalue weighted by molar-refractivity contribution is 6.30. The van der Waals surface area contributed by atoms with E-state index in [4.69, 9.17) is 16.0 Å². The van der Waals surface area contributed by atoms with E-state index in [2.05, 4.69) is 4.74 Å². The van der Waals surface area contributed by atoms with Crippen molar-refractivity contribution in [3.8, 4) is 0 Å². The molecule has 1 N–H and O–H groups in total. The second-order valence-electron chi connectivity index (χ2n) is 4.04. The summed E-state index contributed by atoms with van der Waals surface area (Å²) < 4.78 is 9.78. The zero-order chi connectivity index (χ0) is 13.8. The maximum absolute atomic E-state index is 11.2. The maximum Gasteiger partial charge on any atom is 0.373 e. The van der Waals surface area contributed by atoms with Crippen LogP contribution in [-0.4, -0.2) is 18.2 Å². The molecular formula is C14H13ClO4. The number of aliphatic hydroxyl groups excluding tert-OH is 1. The molecule has 19 heavy (non-hydrogen) atoms. The van der Waals surface area contributed by atoms with E-state index in [0.717, 1.165) is 5.56 Å². The Kier molecular flexibility index (Phi) is 4.24. The van der Waals surface area contributed by atoms with Gasteiger partial charge in [-0.1, -0.05) is 23.7 Å². The van der Waals surface area contributed by atoms with Crippen LogP contribution in [-0.2, 0) is 11.2 Å². The van der Waals surface area contributed by atoms with Gasteiger partial charge in [0.25, 0.3) is 0 Å². The molecule has 0 bridgehead atoms. The summed E-state index contributed by atoms with van der Waals surface area (Å²) in [5.74, 6) is -0.159. The van der Waals surface area contributed by atoms with Crippen molar-refractivity contribution in [1.82, 2.24) is 0 Å². The third kappa shape index (κ3) is 3.36. The SMILES string of the molecule is COC(=O)c1ccc(C(O)Cc2ccc(Cl)cc2)o1. The second-order valence-corrected chi connectivity index (χ2v) is 4.48. The molecule has 4 nitrogen and oxygen atoms in total. The summed E-state index contributed by atoms with van der Waals surface area (Å²) in [4.78, 5) is 11.2. The largest absolute Gasteiger partial charge is 0.463 e. The van der Waals surface area contributed by atoms with Gasteiger partial charge in [-0.05, 0) is 29.8 Å². The van der Waals surface area contributed by atoms with Crippen LogP contribution in [0.5, 0.6) is 0 Å². The van der Waals surface area contributed by atoms with Crippen LogP contribution >= 0.6 is 11.6 Å². The number of methoxy groups -OCH3 is 1. The second kappa shape index (κ2) is 5.91. The zero-order valence-electron chi connectivity index (χ0n) is 10.3. The van der Waals surface area contributed by atoms with Crippen molar-refractivity contribution in [2.24, 2.45) is 0 Å². The molecule has 0 spiro atoms. The van der Waals surface area contributed by atoms with E-state index >= 15 is 0 Å².